The van der Waals surface area contributed by atoms with Gasteiger partial charge in [0.05, 0.1) is 0 Å². The van der Waals surface area contributed by atoms with Crippen LogP contribution in [0.1, 0.15) is 20.8 Å². The number of rotatable bonds is 1. The third kappa shape index (κ3) is 2.95. The first kappa shape index (κ1) is 9.09. The SMILES string of the molecule is CC(C)=C(C)S(C)(C)C. The molecule has 0 fully saturated rings. The van der Waals surface area contributed by atoms with Crippen molar-refractivity contribution in [2.45, 2.75) is 20.8 Å². The first-order valence-electron chi connectivity index (χ1n) is 3.18. The molecule has 0 atom stereocenters. The maximum atomic E-state index is 2.33. The maximum Gasteiger partial charge on any atom is -0.0313 e. The third-order valence-electron chi connectivity index (χ3n) is 1.62. The van der Waals surface area contributed by atoms with Crippen molar-refractivity contribution < 1.29 is 0 Å². The Morgan fingerprint density at radius 2 is 1.22 bits per heavy atom. The van der Waals surface area contributed by atoms with E-state index in [1.54, 1.807) is 4.91 Å². The summed E-state index contributed by atoms with van der Waals surface area (Å²) in [6.07, 6.45) is 6.99. The predicted molar refractivity (Wildman–Crippen MR) is 49.4 cm³/mol. The minimum absolute atomic E-state index is 0.422. The highest BCUT2D eigenvalue weighted by molar-refractivity contribution is 8.35. The molecule has 0 saturated heterocycles. The molecule has 0 spiro atoms. The highest BCUT2D eigenvalue weighted by Gasteiger charge is 2.06. The molecule has 0 rings (SSSR count). The lowest BCUT2D eigenvalue weighted by Crippen LogP contribution is -1.94. The zero-order valence-electron chi connectivity index (χ0n) is 7.41. The van der Waals surface area contributed by atoms with Gasteiger partial charge in [0.1, 0.15) is 0 Å². The molecule has 0 aliphatic carbocycles. The van der Waals surface area contributed by atoms with Gasteiger partial charge in [-0.1, -0.05) is 5.57 Å². The van der Waals surface area contributed by atoms with Gasteiger partial charge in [0.25, 0.3) is 0 Å². The Morgan fingerprint density at radius 3 is 1.22 bits per heavy atom. The van der Waals surface area contributed by atoms with Gasteiger partial charge >= 0.3 is 0 Å². The maximum absolute atomic E-state index is 2.33. The van der Waals surface area contributed by atoms with Crippen molar-refractivity contribution in [2.24, 2.45) is 0 Å². The van der Waals surface area contributed by atoms with E-state index >= 15 is 0 Å². The third-order valence-corrected chi connectivity index (χ3v) is 3.87. The average Bonchev–Trinajstić information content (AvgIpc) is 1.62. The molecule has 1 heteroatoms. The monoisotopic (exact) mass is 146 g/mol. The Labute approximate surface area is 60.7 Å². The summed E-state index contributed by atoms with van der Waals surface area (Å²) in [4.78, 5) is 1.59. The van der Waals surface area contributed by atoms with E-state index in [-0.39, 0.29) is 0 Å². The van der Waals surface area contributed by atoms with Gasteiger partial charge in [-0.2, -0.15) is 0 Å². The molecule has 0 radical (unpaired) electrons. The molecule has 0 aliphatic rings. The van der Waals surface area contributed by atoms with Gasteiger partial charge in [-0.25, -0.2) is 10.0 Å². The van der Waals surface area contributed by atoms with E-state index in [2.05, 4.69) is 39.5 Å². The average molecular weight is 146 g/mol. The lowest BCUT2D eigenvalue weighted by atomic mass is 10.3. The Kier molecular flexibility index (Phi) is 2.81. The van der Waals surface area contributed by atoms with Crippen LogP contribution in [-0.2, 0) is 0 Å². The van der Waals surface area contributed by atoms with Crippen molar-refractivity contribution in [3.05, 3.63) is 10.5 Å². The zero-order chi connectivity index (χ0) is 7.65. The summed E-state index contributed by atoms with van der Waals surface area (Å²) >= 11 is 0. The molecular weight excluding hydrogens is 128 g/mol. The molecule has 9 heavy (non-hydrogen) atoms. The highest BCUT2D eigenvalue weighted by atomic mass is 32.3. The van der Waals surface area contributed by atoms with Crippen LogP contribution in [0, 0.1) is 0 Å². The van der Waals surface area contributed by atoms with Gasteiger partial charge in [0, 0.05) is 0 Å². The molecule has 0 amide bonds. The van der Waals surface area contributed by atoms with Gasteiger partial charge in [0.2, 0.25) is 0 Å². The van der Waals surface area contributed by atoms with E-state index < -0.39 is 10.0 Å². The summed E-state index contributed by atoms with van der Waals surface area (Å²) in [5.41, 5.74) is 1.48. The second-order valence-corrected chi connectivity index (χ2v) is 7.68. The molecule has 0 aliphatic heterocycles. The van der Waals surface area contributed by atoms with E-state index in [4.69, 9.17) is 0 Å². The Bertz CT molecular complexity index is 122. The Morgan fingerprint density at radius 1 is 0.889 bits per heavy atom. The smallest absolute Gasteiger partial charge is 0.0313 e. The predicted octanol–water partition coefficient (Wildman–Crippen LogP) is 2.99. The summed E-state index contributed by atoms with van der Waals surface area (Å²) < 4.78 is 0. The Hall–Kier alpha value is 0.0900. The standard InChI is InChI=1S/C8H18S/c1-7(2)8(3)9(4,5)6/h1-6H3. The van der Waals surface area contributed by atoms with Crippen molar-refractivity contribution in [2.75, 3.05) is 18.8 Å². The van der Waals surface area contributed by atoms with Crippen molar-refractivity contribution in [3.8, 4) is 0 Å². The van der Waals surface area contributed by atoms with Crippen LogP contribution >= 0.6 is 10.0 Å². The molecule has 0 aromatic carbocycles. The summed E-state index contributed by atoms with van der Waals surface area (Å²) in [5, 5.41) is 0. The van der Waals surface area contributed by atoms with Crippen molar-refractivity contribution in [1.29, 1.82) is 0 Å². The van der Waals surface area contributed by atoms with Crippen LogP contribution in [0.5, 0.6) is 0 Å². The molecule has 56 valence electrons. The molecular formula is C8H18S. The summed E-state index contributed by atoms with van der Waals surface area (Å²) in [6.45, 7) is 6.62. The first-order valence-corrected chi connectivity index (χ1v) is 6.04. The number of allylic oxidation sites excluding steroid dienone is 2. The van der Waals surface area contributed by atoms with Crippen LogP contribution in [-0.4, -0.2) is 18.8 Å². The van der Waals surface area contributed by atoms with Gasteiger partial charge in [-0.05, 0) is 44.4 Å². The molecule has 0 aromatic rings. The van der Waals surface area contributed by atoms with Gasteiger partial charge < -0.3 is 0 Å². The topological polar surface area (TPSA) is 0 Å². The molecule has 0 saturated carbocycles. The fourth-order valence-corrected chi connectivity index (χ4v) is 1.84. The molecule has 0 bridgehead atoms. The quantitative estimate of drug-likeness (QED) is 0.533. The number of hydrogen-bond donors (Lipinski definition) is 0. The zero-order valence-corrected chi connectivity index (χ0v) is 8.22. The van der Waals surface area contributed by atoms with Gasteiger partial charge in [0.15, 0.2) is 0 Å². The summed E-state index contributed by atoms with van der Waals surface area (Å²) in [7, 11) is -0.422. The summed E-state index contributed by atoms with van der Waals surface area (Å²) in [6, 6.07) is 0. The van der Waals surface area contributed by atoms with Crippen LogP contribution in [0.25, 0.3) is 0 Å². The highest BCUT2D eigenvalue weighted by Crippen LogP contribution is 2.45. The van der Waals surface area contributed by atoms with Crippen LogP contribution in [0.15, 0.2) is 10.5 Å². The lowest BCUT2D eigenvalue weighted by molar-refractivity contribution is 1.34. The second-order valence-electron chi connectivity index (χ2n) is 3.39. The van der Waals surface area contributed by atoms with E-state index in [0.29, 0.717) is 0 Å². The largest absolute Gasteiger partial charge is 0.227 e. The first-order chi connectivity index (χ1) is 3.85. The molecule has 0 nitrogen and oxygen atoms in total. The van der Waals surface area contributed by atoms with Crippen molar-refractivity contribution in [3.63, 3.8) is 0 Å². The molecule has 0 aromatic heterocycles. The fourth-order valence-electron chi connectivity index (χ4n) is 0.612. The summed E-state index contributed by atoms with van der Waals surface area (Å²) in [5.74, 6) is 0. The van der Waals surface area contributed by atoms with Crippen molar-refractivity contribution >= 4 is 10.0 Å². The van der Waals surface area contributed by atoms with Crippen LogP contribution in [0.2, 0.25) is 0 Å². The minimum atomic E-state index is -0.422. The van der Waals surface area contributed by atoms with Gasteiger partial charge in [-0.3, -0.25) is 0 Å². The fraction of sp³-hybridized carbons (Fsp3) is 0.750. The molecule has 0 unspecified atom stereocenters. The lowest BCUT2D eigenvalue weighted by Gasteiger charge is -2.27. The normalized spacial score (nSPS) is 13.1. The van der Waals surface area contributed by atoms with Crippen LogP contribution in [0.3, 0.4) is 0 Å². The second kappa shape index (κ2) is 2.78. The minimum Gasteiger partial charge on any atom is -0.227 e. The van der Waals surface area contributed by atoms with Crippen LogP contribution < -0.4 is 0 Å². The molecule has 0 heterocycles. The number of hydrogen-bond acceptors (Lipinski definition) is 0. The van der Waals surface area contributed by atoms with Gasteiger partial charge in [-0.15, -0.1) is 0 Å². The van der Waals surface area contributed by atoms with E-state index in [1.807, 2.05) is 0 Å². The van der Waals surface area contributed by atoms with E-state index in [1.165, 1.54) is 5.57 Å². The van der Waals surface area contributed by atoms with E-state index in [0.717, 1.165) is 0 Å². The van der Waals surface area contributed by atoms with Crippen molar-refractivity contribution in [1.82, 2.24) is 0 Å². The van der Waals surface area contributed by atoms with Crippen LogP contribution in [0.4, 0.5) is 0 Å². The Balaban J connectivity index is 4.40. The van der Waals surface area contributed by atoms with E-state index in [9.17, 15) is 0 Å². The molecule has 0 N–H and O–H groups in total.